The van der Waals surface area contributed by atoms with Crippen LogP contribution >= 0.6 is 15.9 Å². The molecule has 0 bridgehead atoms. The maximum absolute atomic E-state index is 14.7. The molecule has 0 aromatic heterocycles. The zero-order chi connectivity index (χ0) is 34.3. The third-order valence-corrected chi connectivity index (χ3v) is 11.1. The summed E-state index contributed by atoms with van der Waals surface area (Å²) >= 11 is 3.41. The summed E-state index contributed by atoms with van der Waals surface area (Å²) in [6, 6.07) is 28.1. The van der Waals surface area contributed by atoms with E-state index >= 15 is 0 Å². The molecule has 0 heterocycles. The lowest BCUT2D eigenvalue weighted by Crippen LogP contribution is -2.54. The molecule has 2 amide bonds. The first kappa shape index (κ1) is 35.2. The molecule has 0 radical (unpaired) electrons. The van der Waals surface area contributed by atoms with Crippen LogP contribution in [-0.4, -0.2) is 50.9 Å². The number of carbonyl (C=O) groups excluding carboxylic acids is 2. The smallest absolute Gasteiger partial charge is 0.264 e. The molecule has 8 nitrogen and oxygen atoms in total. The van der Waals surface area contributed by atoms with Crippen LogP contribution in [0, 0.1) is 13.8 Å². The number of halogens is 1. The van der Waals surface area contributed by atoms with Crippen LogP contribution in [0.15, 0.2) is 106 Å². The van der Waals surface area contributed by atoms with Gasteiger partial charge in [-0.3, -0.25) is 13.9 Å². The van der Waals surface area contributed by atoms with Crippen LogP contribution in [0.3, 0.4) is 0 Å². The summed E-state index contributed by atoms with van der Waals surface area (Å²) in [6.07, 6.45) is 4.16. The number of sulfonamides is 1. The second kappa shape index (κ2) is 15.8. The van der Waals surface area contributed by atoms with Crippen LogP contribution in [0.4, 0.5) is 5.69 Å². The second-order valence-corrected chi connectivity index (χ2v) is 15.1. The molecular formula is C38H42BrN3O5S. The van der Waals surface area contributed by atoms with Gasteiger partial charge in [0, 0.05) is 19.0 Å². The Morgan fingerprint density at radius 2 is 1.56 bits per heavy atom. The Balaban J connectivity index is 1.57. The normalized spacial score (nSPS) is 13.9. The summed E-state index contributed by atoms with van der Waals surface area (Å²) in [5, 5.41) is 3.21. The Kier molecular flexibility index (Phi) is 11.6. The molecule has 0 saturated heterocycles. The van der Waals surface area contributed by atoms with E-state index in [1.54, 1.807) is 23.1 Å². The molecule has 1 fully saturated rings. The first-order valence-corrected chi connectivity index (χ1v) is 18.4. The van der Waals surface area contributed by atoms with Gasteiger partial charge >= 0.3 is 0 Å². The number of aryl methyl sites for hydroxylation is 2. The summed E-state index contributed by atoms with van der Waals surface area (Å²) in [5.41, 5.74) is 4.05. The fraction of sp³-hybridized carbons (Fsp3) is 0.316. The third kappa shape index (κ3) is 8.65. The van der Waals surface area contributed by atoms with Crippen molar-refractivity contribution in [2.45, 2.75) is 69.5 Å². The summed E-state index contributed by atoms with van der Waals surface area (Å²) in [7, 11) is -2.74. The number of benzene rings is 4. The van der Waals surface area contributed by atoms with Gasteiger partial charge in [-0.15, -0.1) is 0 Å². The van der Waals surface area contributed by atoms with Crippen molar-refractivity contribution >= 4 is 43.5 Å². The Morgan fingerprint density at radius 1 is 0.875 bits per heavy atom. The Bertz CT molecular complexity index is 1830. The van der Waals surface area contributed by atoms with Crippen molar-refractivity contribution in [2.75, 3.05) is 18.0 Å². The molecule has 252 valence electrons. The predicted molar refractivity (Wildman–Crippen MR) is 192 cm³/mol. The van der Waals surface area contributed by atoms with Crippen molar-refractivity contribution in [3.8, 4) is 5.75 Å². The van der Waals surface area contributed by atoms with Crippen molar-refractivity contribution in [2.24, 2.45) is 0 Å². The largest absolute Gasteiger partial charge is 0.496 e. The molecule has 10 heteroatoms. The van der Waals surface area contributed by atoms with Gasteiger partial charge in [-0.05, 0) is 84.1 Å². The van der Waals surface area contributed by atoms with Gasteiger partial charge in [0.1, 0.15) is 18.3 Å². The third-order valence-electron chi connectivity index (χ3n) is 8.72. The maximum Gasteiger partial charge on any atom is 0.264 e. The SMILES string of the molecule is COc1ccc(S(=O)(=O)N(CC(=O)N(Cc2cccc(C)c2)[C@@H](Cc2ccccc2)C(=O)NC2CCCC2)c2ccc(C)cc2)cc1Br. The molecule has 4 aromatic rings. The summed E-state index contributed by atoms with van der Waals surface area (Å²) in [6.45, 7) is 3.51. The zero-order valence-electron chi connectivity index (χ0n) is 27.6. The monoisotopic (exact) mass is 731 g/mol. The van der Waals surface area contributed by atoms with Crippen molar-refractivity contribution < 1.29 is 22.7 Å². The molecule has 48 heavy (non-hydrogen) atoms. The van der Waals surface area contributed by atoms with Crippen LogP contribution in [-0.2, 0) is 32.6 Å². The maximum atomic E-state index is 14.7. The lowest BCUT2D eigenvalue weighted by atomic mass is 10.0. The highest BCUT2D eigenvalue weighted by Gasteiger charge is 2.35. The highest BCUT2D eigenvalue weighted by molar-refractivity contribution is 9.10. The molecule has 4 aromatic carbocycles. The van der Waals surface area contributed by atoms with Gasteiger partial charge in [0.05, 0.1) is 22.2 Å². The van der Waals surface area contributed by atoms with Gasteiger partial charge in [-0.2, -0.15) is 0 Å². The fourth-order valence-corrected chi connectivity index (χ4v) is 8.24. The van der Waals surface area contributed by atoms with Crippen molar-refractivity contribution in [1.82, 2.24) is 10.2 Å². The average Bonchev–Trinajstić information content (AvgIpc) is 3.59. The summed E-state index contributed by atoms with van der Waals surface area (Å²) < 4.78 is 35.7. The molecule has 0 unspecified atom stereocenters. The minimum Gasteiger partial charge on any atom is -0.496 e. The Hall–Kier alpha value is -4.15. The van der Waals surface area contributed by atoms with E-state index in [9.17, 15) is 18.0 Å². The van der Waals surface area contributed by atoms with Crippen molar-refractivity contribution in [3.05, 3.63) is 124 Å². The number of methoxy groups -OCH3 is 1. The van der Waals surface area contributed by atoms with Gasteiger partial charge in [0.15, 0.2) is 0 Å². The number of amides is 2. The highest BCUT2D eigenvalue weighted by Crippen LogP contribution is 2.31. The van der Waals surface area contributed by atoms with Crippen LogP contribution in [0.1, 0.15) is 47.9 Å². The van der Waals surface area contributed by atoms with Gasteiger partial charge < -0.3 is 15.0 Å². The second-order valence-electron chi connectivity index (χ2n) is 12.3. The minimum atomic E-state index is -4.25. The van der Waals surface area contributed by atoms with Gasteiger partial charge in [-0.25, -0.2) is 8.42 Å². The van der Waals surface area contributed by atoms with E-state index in [1.165, 1.54) is 19.2 Å². The highest BCUT2D eigenvalue weighted by atomic mass is 79.9. The molecule has 1 atom stereocenters. The quantitative estimate of drug-likeness (QED) is 0.160. The van der Waals surface area contributed by atoms with E-state index in [2.05, 4.69) is 21.2 Å². The molecule has 1 aliphatic rings. The van der Waals surface area contributed by atoms with Crippen LogP contribution < -0.4 is 14.4 Å². The van der Waals surface area contributed by atoms with Crippen LogP contribution in [0.5, 0.6) is 5.75 Å². The standard InChI is InChI=1S/C38H42BrN3O5S/c1-27-16-18-32(19-17-27)42(48(45,46)33-20-21-36(47-3)34(39)24-33)26-37(43)41(25-30-13-9-10-28(2)22-30)35(23-29-11-5-4-6-12-29)38(44)40-31-14-7-8-15-31/h4-6,9-13,16-22,24,31,35H,7-8,14-15,23,25-26H2,1-3H3,(H,40,44)/t35-/m0/s1. The number of ether oxygens (including phenoxy) is 1. The first-order valence-electron chi connectivity index (χ1n) is 16.2. The van der Waals surface area contributed by atoms with E-state index in [0.29, 0.717) is 15.9 Å². The number of hydrogen-bond acceptors (Lipinski definition) is 5. The fourth-order valence-electron chi connectivity index (χ4n) is 6.10. The number of hydrogen-bond donors (Lipinski definition) is 1. The first-order chi connectivity index (χ1) is 23.0. The van der Waals surface area contributed by atoms with E-state index in [1.807, 2.05) is 80.6 Å². The van der Waals surface area contributed by atoms with Gasteiger partial charge in [0.2, 0.25) is 11.8 Å². The number of anilines is 1. The predicted octanol–water partition coefficient (Wildman–Crippen LogP) is 6.97. The Morgan fingerprint density at radius 3 is 2.21 bits per heavy atom. The van der Waals surface area contributed by atoms with Gasteiger partial charge in [0.25, 0.3) is 10.0 Å². The summed E-state index contributed by atoms with van der Waals surface area (Å²) in [4.78, 5) is 30.4. The molecular weight excluding hydrogens is 690 g/mol. The van der Waals surface area contributed by atoms with Crippen LogP contribution in [0.25, 0.3) is 0 Å². The topological polar surface area (TPSA) is 96.0 Å². The number of rotatable bonds is 13. The van der Waals surface area contributed by atoms with Crippen molar-refractivity contribution in [3.63, 3.8) is 0 Å². The average molecular weight is 733 g/mol. The lowest BCUT2D eigenvalue weighted by molar-refractivity contribution is -0.140. The number of nitrogens with one attached hydrogen (secondary N) is 1. The van der Waals surface area contributed by atoms with E-state index in [-0.39, 0.29) is 29.8 Å². The number of nitrogens with zero attached hydrogens (tertiary/aromatic N) is 2. The molecule has 5 rings (SSSR count). The van der Waals surface area contributed by atoms with E-state index < -0.39 is 28.5 Å². The van der Waals surface area contributed by atoms with Crippen LogP contribution in [0.2, 0.25) is 0 Å². The van der Waals surface area contributed by atoms with E-state index in [4.69, 9.17) is 4.74 Å². The van der Waals surface area contributed by atoms with Gasteiger partial charge in [-0.1, -0.05) is 90.7 Å². The molecule has 1 aliphatic carbocycles. The molecule has 0 spiro atoms. The zero-order valence-corrected chi connectivity index (χ0v) is 30.0. The minimum absolute atomic E-state index is 0.00593. The summed E-state index contributed by atoms with van der Waals surface area (Å²) in [5.74, 6) is -0.250. The Labute approximate surface area is 292 Å². The number of carbonyl (C=O) groups is 2. The molecule has 1 saturated carbocycles. The van der Waals surface area contributed by atoms with Crippen molar-refractivity contribution in [1.29, 1.82) is 0 Å². The lowest BCUT2D eigenvalue weighted by Gasteiger charge is -2.34. The van der Waals surface area contributed by atoms with E-state index in [0.717, 1.165) is 52.2 Å². The molecule has 0 aliphatic heterocycles. The molecule has 1 N–H and O–H groups in total.